The molecule has 0 bridgehead atoms. The molecule has 0 aliphatic carbocycles. The molecule has 9 heteroatoms. The highest BCUT2D eigenvalue weighted by Crippen LogP contribution is 2.41. The van der Waals surface area contributed by atoms with E-state index in [4.69, 9.17) is 16.6 Å². The standard InChI is InChI=1S/C16H29NO3S4Si/c1-10(20-25(5,6)16(2,3)4)12-13(18)17-14(12)23-15(21)22-11-8-7-9-24(11)19/h10-12,14H,7-9H2,1-6H3,(H,17,18)/t10-,11-,12+,14-,24+/m1/s1. The number of thiocarbonyl (C=S) groups is 1. The summed E-state index contributed by atoms with van der Waals surface area (Å²) in [6, 6.07) is 0. The van der Waals surface area contributed by atoms with Gasteiger partial charge in [0.25, 0.3) is 0 Å². The molecule has 144 valence electrons. The summed E-state index contributed by atoms with van der Waals surface area (Å²) in [5.41, 5.74) is 0. The van der Waals surface area contributed by atoms with Gasteiger partial charge in [0.1, 0.15) is 3.53 Å². The minimum atomic E-state index is -1.92. The highest BCUT2D eigenvalue weighted by molar-refractivity contribution is 8.49. The Morgan fingerprint density at radius 2 is 2.04 bits per heavy atom. The second-order valence-corrected chi connectivity index (χ2v) is 18.5. The van der Waals surface area contributed by atoms with Gasteiger partial charge in [-0.3, -0.25) is 9.00 Å². The largest absolute Gasteiger partial charge is 0.413 e. The van der Waals surface area contributed by atoms with E-state index in [0.29, 0.717) is 0 Å². The Balaban J connectivity index is 1.91. The monoisotopic (exact) mass is 439 g/mol. The van der Waals surface area contributed by atoms with Gasteiger partial charge in [0.05, 0.1) is 22.0 Å². The predicted octanol–water partition coefficient (Wildman–Crippen LogP) is 4.09. The van der Waals surface area contributed by atoms with Crippen LogP contribution in [0.25, 0.3) is 0 Å². The third-order valence-corrected chi connectivity index (χ3v) is 15.0. The molecule has 25 heavy (non-hydrogen) atoms. The fourth-order valence-corrected chi connectivity index (χ4v) is 9.51. The van der Waals surface area contributed by atoms with Gasteiger partial charge in [-0.05, 0) is 37.9 Å². The summed E-state index contributed by atoms with van der Waals surface area (Å²) in [6.07, 6.45) is 1.85. The maximum absolute atomic E-state index is 12.1. The van der Waals surface area contributed by atoms with Crippen LogP contribution in [0.3, 0.4) is 0 Å². The number of β-lactam (4-membered cyclic amide) rings is 1. The van der Waals surface area contributed by atoms with Crippen LogP contribution in [-0.2, 0) is 20.0 Å². The highest BCUT2D eigenvalue weighted by Gasteiger charge is 2.48. The molecule has 1 N–H and O–H groups in total. The molecule has 2 heterocycles. The van der Waals surface area contributed by atoms with Crippen molar-refractivity contribution in [2.24, 2.45) is 5.92 Å². The van der Waals surface area contributed by atoms with Crippen LogP contribution in [0, 0.1) is 5.92 Å². The van der Waals surface area contributed by atoms with E-state index in [1.807, 2.05) is 6.92 Å². The number of hydrogen-bond donors (Lipinski definition) is 1. The first-order valence-corrected chi connectivity index (χ1v) is 15.1. The highest BCUT2D eigenvalue weighted by atomic mass is 32.3. The summed E-state index contributed by atoms with van der Waals surface area (Å²) in [7, 11) is -2.69. The van der Waals surface area contributed by atoms with Gasteiger partial charge in [-0.1, -0.05) is 56.5 Å². The van der Waals surface area contributed by atoms with Crippen molar-refractivity contribution in [3.63, 3.8) is 0 Å². The van der Waals surface area contributed by atoms with Crippen molar-refractivity contribution < 1.29 is 13.4 Å². The molecule has 2 aliphatic rings. The minimum absolute atomic E-state index is 0.0397. The van der Waals surface area contributed by atoms with Crippen molar-refractivity contribution in [3.8, 4) is 0 Å². The van der Waals surface area contributed by atoms with Crippen LogP contribution in [0.1, 0.15) is 40.5 Å². The molecule has 0 radical (unpaired) electrons. The van der Waals surface area contributed by atoms with Crippen LogP contribution in [-0.4, -0.2) is 43.8 Å². The molecule has 0 unspecified atom stereocenters. The van der Waals surface area contributed by atoms with E-state index in [-0.39, 0.29) is 32.9 Å². The Morgan fingerprint density at radius 1 is 1.40 bits per heavy atom. The molecule has 5 atom stereocenters. The zero-order valence-electron chi connectivity index (χ0n) is 15.8. The molecule has 2 fully saturated rings. The molecule has 0 aromatic rings. The maximum atomic E-state index is 12.1. The lowest BCUT2D eigenvalue weighted by Crippen LogP contribution is -2.62. The number of carbonyl (C=O) groups is 1. The lowest BCUT2D eigenvalue weighted by molar-refractivity contribution is -0.136. The predicted molar refractivity (Wildman–Crippen MR) is 117 cm³/mol. The van der Waals surface area contributed by atoms with Crippen LogP contribution in [0.15, 0.2) is 0 Å². The summed E-state index contributed by atoms with van der Waals surface area (Å²) in [4.78, 5) is 12.1. The Morgan fingerprint density at radius 3 is 2.52 bits per heavy atom. The fourth-order valence-electron chi connectivity index (χ4n) is 2.65. The Hall–Kier alpha value is 0.587. The van der Waals surface area contributed by atoms with Crippen LogP contribution < -0.4 is 5.32 Å². The molecule has 2 saturated heterocycles. The van der Waals surface area contributed by atoms with E-state index in [9.17, 15) is 9.00 Å². The second-order valence-electron chi connectivity index (χ2n) is 8.18. The van der Waals surface area contributed by atoms with Crippen molar-refractivity contribution >= 4 is 64.3 Å². The van der Waals surface area contributed by atoms with Crippen LogP contribution in [0.2, 0.25) is 18.1 Å². The Bertz CT molecular complexity index is 564. The van der Waals surface area contributed by atoms with Crippen molar-refractivity contribution in [3.05, 3.63) is 0 Å². The van der Waals surface area contributed by atoms with E-state index in [1.54, 1.807) is 0 Å². The summed E-state index contributed by atoms with van der Waals surface area (Å²) >= 11 is 8.52. The molecular weight excluding hydrogens is 411 g/mol. The first-order chi connectivity index (χ1) is 11.4. The molecule has 2 rings (SSSR count). The smallest absolute Gasteiger partial charge is 0.229 e. The summed E-state index contributed by atoms with van der Waals surface area (Å²) in [5, 5.41) is 3.02. The van der Waals surface area contributed by atoms with E-state index < -0.39 is 19.1 Å². The van der Waals surface area contributed by atoms with Gasteiger partial charge in [-0.15, -0.1) is 0 Å². The number of nitrogens with one attached hydrogen (secondary N) is 1. The topological polar surface area (TPSA) is 55.4 Å². The van der Waals surface area contributed by atoms with Crippen LogP contribution >= 0.6 is 35.7 Å². The number of rotatable bonds is 5. The average Bonchev–Trinajstić information content (AvgIpc) is 2.81. The maximum Gasteiger partial charge on any atom is 0.229 e. The second kappa shape index (κ2) is 8.30. The van der Waals surface area contributed by atoms with Gasteiger partial charge in [0.2, 0.25) is 5.91 Å². The molecule has 0 aromatic carbocycles. The zero-order valence-corrected chi connectivity index (χ0v) is 20.1. The number of thioether (sulfide) groups is 2. The number of carbonyl (C=O) groups excluding carboxylic acids is 1. The minimum Gasteiger partial charge on any atom is -0.413 e. The third-order valence-electron chi connectivity index (χ3n) is 5.24. The fraction of sp³-hybridized carbons (Fsp3) is 0.875. The SMILES string of the molecule is C[C@@H](O[Si](C)(C)C(C)(C)C)[C@H]1C(=O)N[C@@H]1SC(=S)S[C@H]1CCC[S@@]1=O. The molecular formula is C16H29NO3S4Si. The Kier molecular flexibility index (Phi) is 7.27. The quantitative estimate of drug-likeness (QED) is 0.396. The van der Waals surface area contributed by atoms with Gasteiger partial charge >= 0.3 is 0 Å². The molecule has 0 spiro atoms. The number of hydrogen-bond acceptors (Lipinski definition) is 6. The van der Waals surface area contributed by atoms with E-state index in [0.717, 1.165) is 22.1 Å². The van der Waals surface area contributed by atoms with Gasteiger partial charge in [-0.2, -0.15) is 0 Å². The average molecular weight is 440 g/mol. The molecule has 2 aliphatic heterocycles. The van der Waals surface area contributed by atoms with E-state index in [1.165, 1.54) is 23.5 Å². The lowest BCUT2D eigenvalue weighted by atomic mass is 9.96. The summed E-state index contributed by atoms with van der Waals surface area (Å²) in [5.74, 6) is 0.651. The summed E-state index contributed by atoms with van der Waals surface area (Å²) < 4.78 is 19.2. The zero-order chi connectivity index (χ0) is 19.0. The molecule has 4 nitrogen and oxygen atoms in total. The van der Waals surface area contributed by atoms with Gasteiger partial charge in [0, 0.05) is 16.6 Å². The molecule has 0 aromatic heterocycles. The Labute approximate surface area is 169 Å². The summed E-state index contributed by atoms with van der Waals surface area (Å²) in [6.45, 7) is 13.0. The number of amides is 1. The van der Waals surface area contributed by atoms with Crippen molar-refractivity contribution in [2.45, 2.75) is 74.7 Å². The van der Waals surface area contributed by atoms with E-state index in [2.05, 4.69) is 39.2 Å². The van der Waals surface area contributed by atoms with Crippen LogP contribution in [0.4, 0.5) is 0 Å². The van der Waals surface area contributed by atoms with Crippen molar-refractivity contribution in [1.82, 2.24) is 5.32 Å². The first-order valence-electron chi connectivity index (χ1n) is 8.65. The van der Waals surface area contributed by atoms with Gasteiger partial charge < -0.3 is 9.74 Å². The lowest BCUT2D eigenvalue weighted by Gasteiger charge is -2.45. The van der Waals surface area contributed by atoms with Crippen molar-refractivity contribution in [1.29, 1.82) is 0 Å². The van der Waals surface area contributed by atoms with Gasteiger partial charge in [-0.25, -0.2) is 0 Å². The van der Waals surface area contributed by atoms with Gasteiger partial charge in [0.15, 0.2) is 8.32 Å². The first kappa shape index (κ1) is 21.9. The normalized spacial score (nSPS) is 31.4. The van der Waals surface area contributed by atoms with E-state index >= 15 is 0 Å². The van der Waals surface area contributed by atoms with Crippen LogP contribution in [0.5, 0.6) is 0 Å². The molecule has 0 saturated carbocycles. The third kappa shape index (κ3) is 5.31. The molecule has 1 amide bonds. The van der Waals surface area contributed by atoms with Crippen molar-refractivity contribution in [2.75, 3.05) is 5.75 Å².